The third kappa shape index (κ3) is 3.20. The van der Waals surface area contributed by atoms with E-state index in [9.17, 15) is 9.90 Å². The van der Waals surface area contributed by atoms with E-state index in [1.54, 1.807) is 30.3 Å². The molecule has 0 aliphatic rings. The van der Waals surface area contributed by atoms with Crippen molar-refractivity contribution in [3.8, 4) is 17.0 Å². The number of aromatic nitrogens is 2. The Morgan fingerprint density at radius 1 is 1.07 bits per heavy atom. The van der Waals surface area contributed by atoms with Gasteiger partial charge in [-0.05, 0) is 54.6 Å². The number of nitrogens with one attached hydrogen (secondary N) is 1. The fourth-order valence-electron chi connectivity index (χ4n) is 2.91. The summed E-state index contributed by atoms with van der Waals surface area (Å²) in [7, 11) is 1.36. The van der Waals surface area contributed by atoms with E-state index in [1.807, 2.05) is 47.0 Å². The normalized spacial score (nSPS) is 10.7. The molecule has 0 saturated heterocycles. The molecule has 0 bridgehead atoms. The van der Waals surface area contributed by atoms with Crippen LogP contribution < -0.4 is 5.32 Å². The molecule has 6 heteroatoms. The Kier molecular flexibility index (Phi) is 4.22. The van der Waals surface area contributed by atoms with Gasteiger partial charge in [0.1, 0.15) is 22.9 Å². The Labute approximate surface area is 155 Å². The van der Waals surface area contributed by atoms with Gasteiger partial charge in [0.25, 0.3) is 0 Å². The molecule has 2 aromatic heterocycles. The minimum atomic E-state index is -0.393. The number of carbonyl (C=O) groups excluding carboxylic acids is 1. The van der Waals surface area contributed by atoms with Crippen molar-refractivity contribution in [2.24, 2.45) is 0 Å². The monoisotopic (exact) mass is 359 g/mol. The zero-order chi connectivity index (χ0) is 18.8. The van der Waals surface area contributed by atoms with Crippen LogP contribution in [-0.4, -0.2) is 27.6 Å². The Hall–Kier alpha value is -3.80. The third-order valence-electron chi connectivity index (χ3n) is 4.22. The number of esters is 1. The lowest BCUT2D eigenvalue weighted by molar-refractivity contribution is 0.0601. The van der Waals surface area contributed by atoms with Gasteiger partial charge in [-0.2, -0.15) is 0 Å². The SMILES string of the molecule is COC(=O)c1cccc(Nc2c(-c3ccc(O)cc3)nc3ccccn23)c1. The molecule has 4 aromatic rings. The largest absolute Gasteiger partial charge is 0.508 e. The van der Waals surface area contributed by atoms with E-state index in [0.717, 1.165) is 28.4 Å². The van der Waals surface area contributed by atoms with Gasteiger partial charge in [0.2, 0.25) is 0 Å². The fraction of sp³-hybridized carbons (Fsp3) is 0.0476. The smallest absolute Gasteiger partial charge is 0.337 e. The standard InChI is InChI=1S/C21H17N3O3/c1-27-21(26)15-5-4-6-16(13-15)22-20-19(14-8-10-17(25)11-9-14)23-18-7-2-3-12-24(18)20/h2-13,22,25H,1H3. The molecule has 0 spiro atoms. The molecule has 0 fully saturated rings. The zero-order valence-corrected chi connectivity index (χ0v) is 14.6. The van der Waals surface area contributed by atoms with Crippen LogP contribution in [0.3, 0.4) is 0 Å². The van der Waals surface area contributed by atoms with Crippen molar-refractivity contribution in [3.63, 3.8) is 0 Å². The first-order valence-electron chi connectivity index (χ1n) is 8.37. The minimum absolute atomic E-state index is 0.197. The highest BCUT2D eigenvalue weighted by molar-refractivity contribution is 5.91. The molecule has 2 N–H and O–H groups in total. The van der Waals surface area contributed by atoms with Crippen molar-refractivity contribution < 1.29 is 14.6 Å². The van der Waals surface area contributed by atoms with Gasteiger partial charge in [-0.1, -0.05) is 12.1 Å². The minimum Gasteiger partial charge on any atom is -0.508 e. The van der Waals surface area contributed by atoms with Crippen LogP contribution in [0.15, 0.2) is 72.9 Å². The molecule has 6 nitrogen and oxygen atoms in total. The Morgan fingerprint density at radius 3 is 2.67 bits per heavy atom. The maximum atomic E-state index is 11.8. The second-order valence-corrected chi connectivity index (χ2v) is 5.98. The number of phenolic OH excluding ortho intramolecular Hbond substituents is 1. The summed E-state index contributed by atoms with van der Waals surface area (Å²) in [6.45, 7) is 0. The number of hydrogen-bond acceptors (Lipinski definition) is 5. The molecule has 0 radical (unpaired) electrons. The van der Waals surface area contributed by atoms with Crippen molar-refractivity contribution in [2.45, 2.75) is 0 Å². The van der Waals surface area contributed by atoms with Gasteiger partial charge in [0, 0.05) is 17.4 Å². The topological polar surface area (TPSA) is 75.9 Å². The lowest BCUT2D eigenvalue weighted by Gasteiger charge is -2.10. The number of phenols is 1. The maximum Gasteiger partial charge on any atom is 0.337 e. The van der Waals surface area contributed by atoms with E-state index in [2.05, 4.69) is 5.32 Å². The van der Waals surface area contributed by atoms with Crippen molar-refractivity contribution in [2.75, 3.05) is 12.4 Å². The van der Waals surface area contributed by atoms with Gasteiger partial charge in [-0.15, -0.1) is 0 Å². The van der Waals surface area contributed by atoms with Crippen LogP contribution >= 0.6 is 0 Å². The van der Waals surface area contributed by atoms with E-state index in [-0.39, 0.29) is 5.75 Å². The van der Waals surface area contributed by atoms with E-state index >= 15 is 0 Å². The second-order valence-electron chi connectivity index (χ2n) is 5.98. The molecular formula is C21H17N3O3. The van der Waals surface area contributed by atoms with Gasteiger partial charge in [-0.3, -0.25) is 4.40 Å². The van der Waals surface area contributed by atoms with Gasteiger partial charge in [0.05, 0.1) is 12.7 Å². The van der Waals surface area contributed by atoms with Gasteiger partial charge in [-0.25, -0.2) is 9.78 Å². The van der Waals surface area contributed by atoms with E-state index < -0.39 is 5.97 Å². The number of anilines is 2. The summed E-state index contributed by atoms with van der Waals surface area (Å²) in [5.74, 6) is 0.566. The number of imidazole rings is 1. The summed E-state index contributed by atoms with van der Waals surface area (Å²) in [5, 5.41) is 12.9. The molecular weight excluding hydrogens is 342 g/mol. The number of ether oxygens (including phenoxy) is 1. The summed E-state index contributed by atoms with van der Waals surface area (Å²) >= 11 is 0. The molecule has 27 heavy (non-hydrogen) atoms. The highest BCUT2D eigenvalue weighted by Crippen LogP contribution is 2.32. The van der Waals surface area contributed by atoms with E-state index in [1.165, 1.54) is 7.11 Å². The van der Waals surface area contributed by atoms with Crippen LogP contribution in [0.2, 0.25) is 0 Å². The summed E-state index contributed by atoms with van der Waals surface area (Å²) in [5.41, 5.74) is 3.59. The van der Waals surface area contributed by atoms with Crippen LogP contribution in [0, 0.1) is 0 Å². The number of hydrogen-bond donors (Lipinski definition) is 2. The average molecular weight is 359 g/mol. The molecule has 0 saturated carbocycles. The highest BCUT2D eigenvalue weighted by Gasteiger charge is 2.15. The number of aromatic hydroxyl groups is 1. The molecule has 0 amide bonds. The lowest BCUT2D eigenvalue weighted by Crippen LogP contribution is -2.02. The van der Waals surface area contributed by atoms with E-state index in [4.69, 9.17) is 9.72 Å². The molecule has 0 aliphatic carbocycles. The number of rotatable bonds is 4. The van der Waals surface area contributed by atoms with Crippen molar-refractivity contribution in [1.29, 1.82) is 0 Å². The first-order valence-corrected chi connectivity index (χ1v) is 8.37. The number of pyridine rings is 1. The summed E-state index contributed by atoms with van der Waals surface area (Å²) in [6, 6.07) is 19.7. The highest BCUT2D eigenvalue weighted by atomic mass is 16.5. The number of nitrogens with zero attached hydrogens (tertiary/aromatic N) is 2. The maximum absolute atomic E-state index is 11.8. The molecule has 2 aromatic carbocycles. The number of carbonyl (C=O) groups is 1. The molecule has 134 valence electrons. The van der Waals surface area contributed by atoms with E-state index in [0.29, 0.717) is 5.56 Å². The number of methoxy groups -OCH3 is 1. The second kappa shape index (κ2) is 6.84. The van der Waals surface area contributed by atoms with Gasteiger partial charge in [0.15, 0.2) is 0 Å². The van der Waals surface area contributed by atoms with Crippen molar-refractivity contribution in [3.05, 3.63) is 78.5 Å². The quantitative estimate of drug-likeness (QED) is 0.533. The number of benzene rings is 2. The van der Waals surface area contributed by atoms with Crippen LogP contribution in [0.5, 0.6) is 5.75 Å². The van der Waals surface area contributed by atoms with Crippen molar-refractivity contribution in [1.82, 2.24) is 9.38 Å². The predicted molar refractivity (Wildman–Crippen MR) is 103 cm³/mol. The summed E-state index contributed by atoms with van der Waals surface area (Å²) in [6.07, 6.45) is 1.92. The molecule has 2 heterocycles. The van der Waals surface area contributed by atoms with Crippen LogP contribution in [0.4, 0.5) is 11.5 Å². The number of fused-ring (bicyclic) bond motifs is 1. The third-order valence-corrected chi connectivity index (χ3v) is 4.22. The van der Waals surface area contributed by atoms with Crippen LogP contribution in [-0.2, 0) is 4.74 Å². The lowest BCUT2D eigenvalue weighted by atomic mass is 10.1. The Morgan fingerprint density at radius 2 is 1.89 bits per heavy atom. The van der Waals surface area contributed by atoms with Gasteiger partial charge < -0.3 is 15.2 Å². The molecule has 4 rings (SSSR count). The fourth-order valence-corrected chi connectivity index (χ4v) is 2.91. The predicted octanol–water partition coefficient (Wildman–Crippen LogP) is 4.24. The first-order chi connectivity index (χ1) is 13.2. The summed E-state index contributed by atoms with van der Waals surface area (Å²) < 4.78 is 6.73. The average Bonchev–Trinajstić information content (AvgIpc) is 3.06. The van der Waals surface area contributed by atoms with Crippen LogP contribution in [0.25, 0.3) is 16.9 Å². The van der Waals surface area contributed by atoms with Crippen LogP contribution in [0.1, 0.15) is 10.4 Å². The zero-order valence-electron chi connectivity index (χ0n) is 14.6. The first kappa shape index (κ1) is 16.7. The molecule has 0 aliphatic heterocycles. The Balaban J connectivity index is 1.82. The van der Waals surface area contributed by atoms with Gasteiger partial charge >= 0.3 is 5.97 Å². The molecule has 0 unspecified atom stereocenters. The Bertz CT molecular complexity index is 1120. The summed E-state index contributed by atoms with van der Waals surface area (Å²) in [4.78, 5) is 16.5. The molecule has 0 atom stereocenters. The van der Waals surface area contributed by atoms with Crippen molar-refractivity contribution >= 4 is 23.1 Å².